The number of nitrogens with zero attached hydrogens (tertiary/aromatic N) is 4. The maximum Gasteiger partial charge on any atom is 0.230 e. The van der Waals surface area contributed by atoms with E-state index in [4.69, 9.17) is 10.3 Å². The van der Waals surface area contributed by atoms with E-state index in [1.165, 1.54) is 6.42 Å². The van der Waals surface area contributed by atoms with Crippen LogP contribution in [0, 0.1) is 11.8 Å². The molecule has 4 atom stereocenters. The molecule has 2 saturated carbocycles. The zero-order valence-electron chi connectivity index (χ0n) is 10.9. The van der Waals surface area contributed by atoms with Gasteiger partial charge in [0.1, 0.15) is 0 Å². The third kappa shape index (κ3) is 1.87. The van der Waals surface area contributed by atoms with E-state index in [-0.39, 0.29) is 0 Å². The monoisotopic (exact) mass is 259 g/mol. The molecule has 2 heterocycles. The van der Waals surface area contributed by atoms with Crippen LogP contribution in [0.2, 0.25) is 0 Å². The zero-order valence-corrected chi connectivity index (χ0v) is 10.9. The summed E-state index contributed by atoms with van der Waals surface area (Å²) >= 11 is 0. The topological polar surface area (TPSA) is 82.8 Å². The van der Waals surface area contributed by atoms with Gasteiger partial charge in [-0.15, -0.1) is 0 Å². The Morgan fingerprint density at radius 1 is 1.42 bits per heavy atom. The number of hydrogen-bond acceptors (Lipinski definition) is 5. The summed E-state index contributed by atoms with van der Waals surface area (Å²) < 4.78 is 7.21. The van der Waals surface area contributed by atoms with Gasteiger partial charge in [-0.05, 0) is 30.2 Å². The van der Waals surface area contributed by atoms with Gasteiger partial charge in [0.15, 0.2) is 5.82 Å². The molecule has 2 aromatic heterocycles. The first kappa shape index (κ1) is 11.2. The Morgan fingerprint density at radius 3 is 2.95 bits per heavy atom. The van der Waals surface area contributed by atoms with E-state index in [1.54, 1.807) is 4.68 Å². The zero-order chi connectivity index (χ0) is 13.0. The molecule has 19 heavy (non-hydrogen) atoms. The Labute approximate surface area is 111 Å². The van der Waals surface area contributed by atoms with Crippen LogP contribution in [-0.4, -0.2) is 26.0 Å². The molecule has 2 aromatic rings. The molecule has 2 N–H and O–H groups in total. The van der Waals surface area contributed by atoms with E-state index >= 15 is 0 Å². The summed E-state index contributed by atoms with van der Waals surface area (Å²) in [5.74, 6) is 3.27. The largest absolute Gasteiger partial charge is 0.339 e. The van der Waals surface area contributed by atoms with Crippen molar-refractivity contribution in [1.82, 2.24) is 19.9 Å². The predicted molar refractivity (Wildman–Crippen MR) is 67.2 cm³/mol. The second kappa shape index (κ2) is 3.90. The minimum Gasteiger partial charge on any atom is -0.339 e. The number of hydrogen-bond donors (Lipinski definition) is 1. The Hall–Kier alpha value is -1.69. The molecular formula is C13H17N5O. The van der Waals surface area contributed by atoms with E-state index in [1.807, 2.05) is 19.4 Å². The third-order valence-corrected chi connectivity index (χ3v) is 4.41. The SMILES string of the molecule is Cn1cc(Cc2noc([C@@H]3C[C@H](N)[C@H]4C[C@H]43)n2)cn1. The molecule has 6 heteroatoms. The lowest BCUT2D eigenvalue weighted by atomic mass is 10.0. The fourth-order valence-corrected chi connectivity index (χ4v) is 3.35. The maximum absolute atomic E-state index is 6.08. The van der Waals surface area contributed by atoms with Gasteiger partial charge in [0.25, 0.3) is 0 Å². The fraction of sp³-hybridized carbons (Fsp3) is 0.615. The summed E-state index contributed by atoms with van der Waals surface area (Å²) in [6.45, 7) is 0. The average molecular weight is 259 g/mol. The first-order chi connectivity index (χ1) is 9.20. The van der Waals surface area contributed by atoms with Crippen molar-refractivity contribution in [2.45, 2.75) is 31.2 Å². The van der Waals surface area contributed by atoms with Crippen LogP contribution in [0.5, 0.6) is 0 Å². The standard InChI is InChI=1S/C13H17N5O/c1-18-6-7(5-15-18)2-12-16-13(19-17-12)10-4-11(14)9-3-8(9)10/h5-6,8-11H,2-4,14H2,1H3/t8-,9+,10-,11+/m1/s1. The quantitative estimate of drug-likeness (QED) is 0.883. The first-order valence-corrected chi connectivity index (χ1v) is 6.76. The summed E-state index contributed by atoms with van der Waals surface area (Å²) in [6, 6.07) is 0.323. The summed E-state index contributed by atoms with van der Waals surface area (Å²) in [5.41, 5.74) is 7.18. The van der Waals surface area contributed by atoms with Crippen LogP contribution >= 0.6 is 0 Å². The first-order valence-electron chi connectivity index (χ1n) is 6.76. The molecule has 6 nitrogen and oxygen atoms in total. The summed E-state index contributed by atoms with van der Waals surface area (Å²) in [6.07, 6.45) is 6.69. The van der Waals surface area contributed by atoms with Gasteiger partial charge in [-0.3, -0.25) is 4.68 Å². The van der Waals surface area contributed by atoms with Crippen molar-refractivity contribution < 1.29 is 4.52 Å². The van der Waals surface area contributed by atoms with E-state index in [0.717, 1.165) is 23.7 Å². The molecule has 2 aliphatic rings. The molecule has 100 valence electrons. The van der Waals surface area contributed by atoms with Gasteiger partial charge in [0, 0.05) is 31.6 Å². The fourth-order valence-electron chi connectivity index (χ4n) is 3.35. The molecule has 0 radical (unpaired) electrons. The predicted octanol–water partition coefficient (Wildman–Crippen LogP) is 0.845. The van der Waals surface area contributed by atoms with Crippen LogP contribution in [-0.2, 0) is 13.5 Å². The molecular weight excluding hydrogens is 242 g/mol. The van der Waals surface area contributed by atoms with E-state index in [9.17, 15) is 0 Å². The van der Waals surface area contributed by atoms with E-state index < -0.39 is 0 Å². The highest BCUT2D eigenvalue weighted by atomic mass is 16.5. The number of nitrogens with two attached hydrogens (primary N) is 1. The normalized spacial score (nSPS) is 32.5. The van der Waals surface area contributed by atoms with Crippen LogP contribution in [0.1, 0.15) is 36.0 Å². The van der Waals surface area contributed by atoms with E-state index in [0.29, 0.717) is 30.2 Å². The van der Waals surface area contributed by atoms with Crippen LogP contribution in [0.3, 0.4) is 0 Å². The van der Waals surface area contributed by atoms with Crippen molar-refractivity contribution in [3.05, 3.63) is 29.7 Å². The number of fused-ring (bicyclic) bond motifs is 1. The molecule has 2 fully saturated rings. The smallest absolute Gasteiger partial charge is 0.230 e. The molecule has 0 spiro atoms. The Bertz CT molecular complexity index is 604. The van der Waals surface area contributed by atoms with Crippen molar-refractivity contribution in [2.24, 2.45) is 24.6 Å². The van der Waals surface area contributed by atoms with Gasteiger partial charge in [0.2, 0.25) is 5.89 Å². The van der Waals surface area contributed by atoms with Gasteiger partial charge < -0.3 is 10.3 Å². The van der Waals surface area contributed by atoms with Gasteiger partial charge in [-0.2, -0.15) is 10.1 Å². The second-order valence-corrected chi connectivity index (χ2v) is 5.82. The lowest BCUT2D eigenvalue weighted by Gasteiger charge is -2.07. The highest BCUT2D eigenvalue weighted by Crippen LogP contribution is 2.58. The van der Waals surface area contributed by atoms with Gasteiger partial charge >= 0.3 is 0 Å². The Kier molecular flexibility index (Phi) is 2.29. The number of rotatable bonds is 3. The highest BCUT2D eigenvalue weighted by molar-refractivity contribution is 5.16. The summed E-state index contributed by atoms with van der Waals surface area (Å²) in [4.78, 5) is 4.54. The molecule has 0 unspecified atom stereocenters. The van der Waals surface area contributed by atoms with Crippen LogP contribution in [0.4, 0.5) is 0 Å². The second-order valence-electron chi connectivity index (χ2n) is 5.82. The molecule has 0 bridgehead atoms. The summed E-state index contributed by atoms with van der Waals surface area (Å²) in [7, 11) is 1.90. The number of aromatic nitrogens is 4. The minimum absolute atomic E-state index is 0.323. The Morgan fingerprint density at radius 2 is 2.32 bits per heavy atom. The van der Waals surface area contributed by atoms with Crippen LogP contribution < -0.4 is 5.73 Å². The lowest BCUT2D eigenvalue weighted by Crippen LogP contribution is -2.19. The molecule has 0 saturated heterocycles. The highest BCUT2D eigenvalue weighted by Gasteiger charge is 2.55. The number of aryl methyl sites for hydroxylation is 1. The van der Waals surface area contributed by atoms with Crippen molar-refractivity contribution in [1.29, 1.82) is 0 Å². The van der Waals surface area contributed by atoms with Crippen molar-refractivity contribution >= 4 is 0 Å². The maximum atomic E-state index is 6.08. The van der Waals surface area contributed by atoms with Gasteiger partial charge in [-0.1, -0.05) is 5.16 Å². The molecule has 0 aromatic carbocycles. The van der Waals surface area contributed by atoms with Gasteiger partial charge in [0.05, 0.1) is 6.20 Å². The van der Waals surface area contributed by atoms with Crippen LogP contribution in [0.15, 0.2) is 16.9 Å². The molecule has 0 aliphatic heterocycles. The Balaban J connectivity index is 1.50. The minimum atomic E-state index is 0.323. The summed E-state index contributed by atoms with van der Waals surface area (Å²) in [5, 5.41) is 8.22. The van der Waals surface area contributed by atoms with Crippen molar-refractivity contribution in [3.8, 4) is 0 Å². The third-order valence-electron chi connectivity index (χ3n) is 4.41. The molecule has 0 amide bonds. The lowest BCUT2D eigenvalue weighted by molar-refractivity contribution is 0.338. The van der Waals surface area contributed by atoms with Crippen LogP contribution in [0.25, 0.3) is 0 Å². The molecule has 2 aliphatic carbocycles. The van der Waals surface area contributed by atoms with E-state index in [2.05, 4.69) is 15.2 Å². The molecule has 4 rings (SSSR count). The average Bonchev–Trinajstić information content (AvgIpc) is 2.69. The van der Waals surface area contributed by atoms with Crippen molar-refractivity contribution in [3.63, 3.8) is 0 Å². The van der Waals surface area contributed by atoms with Crippen molar-refractivity contribution in [2.75, 3.05) is 0 Å². The van der Waals surface area contributed by atoms with Gasteiger partial charge in [-0.25, -0.2) is 0 Å².